The zero-order valence-electron chi connectivity index (χ0n) is 1.21. The molecular weight excluding hydrogens is 231 g/mol. The molecule has 0 aliphatic rings. The Labute approximate surface area is 121 Å². The molecule has 0 amide bonds. The Bertz CT molecular complexity index is 13.5. The predicted octanol–water partition coefficient (Wildman–Crippen LogP) is -3.40. The summed E-state index contributed by atoms with van der Waals surface area (Å²) in [7, 11) is 0. The van der Waals surface area contributed by atoms with Gasteiger partial charge in [-0.1, -0.05) is 0 Å². The van der Waals surface area contributed by atoms with E-state index in [-0.39, 0.29) is 123 Å². The van der Waals surface area contributed by atoms with Crippen molar-refractivity contribution in [1.82, 2.24) is 0 Å². The summed E-state index contributed by atoms with van der Waals surface area (Å²) in [5.41, 5.74) is 0. The van der Waals surface area contributed by atoms with E-state index >= 15 is 0 Å². The van der Waals surface area contributed by atoms with Gasteiger partial charge in [-0.2, -0.15) is 0 Å². The summed E-state index contributed by atoms with van der Waals surface area (Å²) in [6.07, 6.45) is 0. The van der Waals surface area contributed by atoms with Crippen molar-refractivity contribution in [1.29, 1.82) is 0 Å². The van der Waals surface area contributed by atoms with E-state index in [1.807, 2.05) is 0 Å². The second-order valence-corrected chi connectivity index (χ2v) is 0. The first-order valence-corrected chi connectivity index (χ1v) is 0. The number of hydrogen-bond donors (Lipinski definition) is 0. The normalized spacial score (nSPS) is 0. The molecule has 0 rings (SSSR count). The Kier molecular flexibility index (Phi) is 323. The monoisotopic (exact) mass is 238 g/mol. The summed E-state index contributed by atoms with van der Waals surface area (Å²) in [5.74, 6) is 0. The average Bonchev–Trinajstić information content (AvgIpc) is 0. The van der Waals surface area contributed by atoms with Gasteiger partial charge in [0.1, 0.15) is 0 Å². The average molecular weight is 238 g/mol. The van der Waals surface area contributed by atoms with Crippen molar-refractivity contribution in [3.63, 3.8) is 0 Å². The van der Waals surface area contributed by atoms with Gasteiger partial charge in [0.2, 0.25) is 0 Å². The van der Waals surface area contributed by atoms with Gasteiger partial charge in [0, 0.05) is 45.1 Å². The molecule has 0 nitrogen and oxygen atoms in total. The molecule has 0 saturated carbocycles. The van der Waals surface area contributed by atoms with Crippen molar-refractivity contribution in [2.75, 3.05) is 0 Å². The standard InChI is InChI=1S/Al.Ca.2Fe.Mg.Si.7H. The minimum absolute atomic E-state index is 0. The van der Waals surface area contributed by atoms with E-state index in [2.05, 4.69) is 0 Å². The van der Waals surface area contributed by atoms with Crippen LogP contribution in [0.3, 0.4) is 0 Å². The van der Waals surface area contributed by atoms with Crippen LogP contribution in [0.15, 0.2) is 0 Å². The van der Waals surface area contributed by atoms with E-state index in [9.17, 15) is 0 Å². The smallest absolute Gasteiger partial charge is 0 e. The Balaban J connectivity index is 0. The van der Waals surface area contributed by atoms with Crippen molar-refractivity contribution in [2.45, 2.75) is 0 Å². The third-order valence-corrected chi connectivity index (χ3v) is 0. The molecule has 0 aliphatic heterocycles. The zero-order valence-corrected chi connectivity index (χ0v) is 4.42. The molecule has 0 fully saturated rings. The van der Waals surface area contributed by atoms with E-state index in [4.69, 9.17) is 0 Å². The molecule has 4 radical (unpaired) electrons. The summed E-state index contributed by atoms with van der Waals surface area (Å²) < 4.78 is 0. The van der Waals surface area contributed by atoms with Crippen molar-refractivity contribution in [3.05, 3.63) is 0 Å². The molecule has 0 aromatic heterocycles. The zero-order chi connectivity index (χ0) is 0. The first kappa shape index (κ1) is 52.4. The summed E-state index contributed by atoms with van der Waals surface area (Å²) in [6, 6.07) is 0. The fourth-order valence-corrected chi connectivity index (χ4v) is 0. The van der Waals surface area contributed by atoms with Crippen LogP contribution < -0.4 is 0 Å². The van der Waals surface area contributed by atoms with E-state index in [1.54, 1.807) is 0 Å². The molecule has 0 bridgehead atoms. The maximum Gasteiger partial charge on any atom is 0.316 e. The van der Waals surface area contributed by atoms with Gasteiger partial charge in [0.15, 0.2) is 17.4 Å². The Hall–Kier alpha value is 3.81. The van der Waals surface area contributed by atoms with Gasteiger partial charge in [0.25, 0.3) is 0 Å². The van der Waals surface area contributed by atoms with Gasteiger partial charge in [-0.3, -0.25) is 0 Å². The molecule has 0 atom stereocenters. The molecule has 6 heavy (non-hydrogen) atoms. The molecule has 6 heteroatoms. The first-order chi connectivity index (χ1) is 0. The van der Waals surface area contributed by atoms with Crippen molar-refractivity contribution in [3.8, 4) is 0 Å². The maximum atomic E-state index is 0. The fourth-order valence-electron chi connectivity index (χ4n) is 0. The third kappa shape index (κ3) is 24.9. The molecule has 0 unspecified atom stereocenters. The molecule has 0 aromatic carbocycles. The molecule has 0 N–H and O–H groups in total. The van der Waals surface area contributed by atoms with Crippen LogP contribution in [0.4, 0.5) is 0 Å². The Morgan fingerprint density at radius 3 is 0.833 bits per heavy atom. The first-order valence-electron chi connectivity index (χ1n) is 0. The molecule has 0 aliphatic carbocycles. The second kappa shape index (κ2) is 37.0. The SMILES string of the molecule is [AlH3].[CaH2].[Fe].[Fe].[MgH2].[Si]. The van der Waals surface area contributed by atoms with E-state index in [0.29, 0.717) is 0 Å². The van der Waals surface area contributed by atoms with Crippen LogP contribution in [0, 0.1) is 0 Å². The van der Waals surface area contributed by atoms with Gasteiger partial charge in [0.05, 0.1) is 0 Å². The van der Waals surface area contributed by atoms with Crippen LogP contribution in [0.5, 0.6) is 0 Å². The largest absolute Gasteiger partial charge is 0.316 e. The van der Waals surface area contributed by atoms with E-state index in [0.717, 1.165) is 0 Å². The van der Waals surface area contributed by atoms with Crippen LogP contribution in [0.25, 0.3) is 0 Å². The Morgan fingerprint density at radius 2 is 0.833 bits per heavy atom. The van der Waals surface area contributed by atoms with Gasteiger partial charge < -0.3 is 0 Å². The number of hydrogen-bond acceptors (Lipinski definition) is 0. The molecular formula is H7AlCaFe2MgSi. The topological polar surface area (TPSA) is 0 Å². The molecule has 34 valence electrons. The quantitative estimate of drug-likeness (QED) is 0.386. The van der Waals surface area contributed by atoms with Gasteiger partial charge in [-0.25, -0.2) is 0 Å². The second-order valence-electron chi connectivity index (χ2n) is 0. The molecule has 0 saturated heterocycles. The third-order valence-electron chi connectivity index (χ3n) is 0. The predicted molar refractivity (Wildman–Crippen MR) is 32.8 cm³/mol. The minimum atomic E-state index is 0. The van der Waals surface area contributed by atoms with Gasteiger partial charge in [-0.05, 0) is 0 Å². The van der Waals surface area contributed by atoms with Crippen molar-refractivity contribution in [2.24, 2.45) is 0 Å². The molecule has 0 heterocycles. The van der Waals surface area contributed by atoms with Crippen LogP contribution in [0.2, 0.25) is 0 Å². The summed E-state index contributed by atoms with van der Waals surface area (Å²) >= 11 is 0. The van der Waals surface area contributed by atoms with Crippen LogP contribution in [-0.4, -0.2) is 89.1 Å². The summed E-state index contributed by atoms with van der Waals surface area (Å²) in [4.78, 5) is 0. The minimum Gasteiger partial charge on any atom is 0 e. The van der Waals surface area contributed by atoms with E-state index < -0.39 is 0 Å². The van der Waals surface area contributed by atoms with Gasteiger partial charge >= 0.3 is 60.8 Å². The fraction of sp³-hybridized carbons (Fsp3) is 0. The van der Waals surface area contributed by atoms with E-state index in [1.165, 1.54) is 0 Å². The Morgan fingerprint density at radius 1 is 0.833 bits per heavy atom. The molecule has 0 aromatic rings. The van der Waals surface area contributed by atoms with Crippen molar-refractivity contribution < 1.29 is 34.1 Å². The summed E-state index contributed by atoms with van der Waals surface area (Å²) in [6.45, 7) is 0. The van der Waals surface area contributed by atoms with Crippen LogP contribution in [-0.2, 0) is 34.1 Å². The van der Waals surface area contributed by atoms with Crippen LogP contribution >= 0.6 is 0 Å². The summed E-state index contributed by atoms with van der Waals surface area (Å²) in [5, 5.41) is 0. The van der Waals surface area contributed by atoms with Crippen LogP contribution in [0.1, 0.15) is 0 Å². The molecule has 0 spiro atoms. The van der Waals surface area contributed by atoms with Gasteiger partial charge in [-0.15, -0.1) is 0 Å². The number of rotatable bonds is 0. The van der Waals surface area contributed by atoms with Crippen molar-refractivity contribution >= 4 is 89.1 Å². The maximum absolute atomic E-state index is 0.